The molecular formula is C17H26N2O. The Morgan fingerprint density at radius 3 is 2.65 bits per heavy atom. The minimum absolute atomic E-state index is 0.174. The van der Waals surface area contributed by atoms with Gasteiger partial charge in [-0.15, -0.1) is 0 Å². The highest BCUT2D eigenvalue weighted by Crippen LogP contribution is 2.30. The molecule has 0 atom stereocenters. The van der Waals surface area contributed by atoms with Crippen LogP contribution in [0.2, 0.25) is 0 Å². The van der Waals surface area contributed by atoms with Gasteiger partial charge in [0, 0.05) is 31.4 Å². The maximum Gasteiger partial charge on any atom is 0.253 e. The van der Waals surface area contributed by atoms with E-state index >= 15 is 0 Å². The highest BCUT2D eigenvalue weighted by atomic mass is 16.2. The lowest BCUT2D eigenvalue weighted by Gasteiger charge is -2.23. The summed E-state index contributed by atoms with van der Waals surface area (Å²) < 4.78 is 0. The number of anilines is 1. The molecule has 1 heterocycles. The molecule has 1 amide bonds. The molecule has 20 heavy (non-hydrogen) atoms. The van der Waals surface area contributed by atoms with Crippen molar-refractivity contribution in [3.05, 3.63) is 29.3 Å². The van der Waals surface area contributed by atoms with E-state index in [9.17, 15) is 4.79 Å². The van der Waals surface area contributed by atoms with Crippen LogP contribution in [-0.2, 0) is 0 Å². The molecule has 1 N–H and O–H groups in total. The first kappa shape index (κ1) is 14.9. The van der Waals surface area contributed by atoms with Crippen molar-refractivity contribution in [1.82, 2.24) is 4.90 Å². The number of nitrogens with zero attached hydrogens (tertiary/aromatic N) is 1. The third kappa shape index (κ3) is 3.33. The van der Waals surface area contributed by atoms with Crippen LogP contribution < -0.4 is 5.32 Å². The van der Waals surface area contributed by atoms with Gasteiger partial charge in [-0.05, 0) is 55.4 Å². The van der Waals surface area contributed by atoms with Gasteiger partial charge in [0.15, 0.2) is 0 Å². The van der Waals surface area contributed by atoms with Crippen molar-refractivity contribution in [3.63, 3.8) is 0 Å². The van der Waals surface area contributed by atoms with Gasteiger partial charge < -0.3 is 10.2 Å². The van der Waals surface area contributed by atoms with E-state index in [0.717, 1.165) is 42.7 Å². The molecule has 110 valence electrons. The number of nitrogens with one attached hydrogen (secondary N) is 1. The number of hydrogen-bond acceptors (Lipinski definition) is 2. The molecule has 1 aliphatic heterocycles. The Labute approximate surface area is 122 Å². The van der Waals surface area contributed by atoms with Gasteiger partial charge in [0.25, 0.3) is 5.91 Å². The van der Waals surface area contributed by atoms with Crippen LogP contribution in [0, 0.1) is 12.3 Å². The molecule has 0 bridgehead atoms. The van der Waals surface area contributed by atoms with Gasteiger partial charge in [-0.25, -0.2) is 0 Å². The summed E-state index contributed by atoms with van der Waals surface area (Å²) in [7, 11) is 1.90. The SMILES string of the molecule is CNc1ccc(C(=O)N2CCCC(C)(C)CC2)cc1C. The fourth-order valence-corrected chi connectivity index (χ4v) is 2.89. The van der Waals surface area contributed by atoms with Crippen molar-refractivity contribution in [2.45, 2.75) is 40.0 Å². The van der Waals surface area contributed by atoms with E-state index in [1.165, 1.54) is 6.42 Å². The highest BCUT2D eigenvalue weighted by molar-refractivity contribution is 5.95. The number of hydrogen-bond donors (Lipinski definition) is 1. The molecule has 1 aromatic rings. The molecule has 2 rings (SSSR count). The minimum atomic E-state index is 0.174. The standard InChI is InChI=1S/C17H26N2O/c1-13-12-14(6-7-15(13)18-4)16(20)19-10-5-8-17(2,3)9-11-19/h6-7,12,18H,5,8-11H2,1-4H3. The Bertz CT molecular complexity index is 494. The highest BCUT2D eigenvalue weighted by Gasteiger charge is 2.25. The summed E-state index contributed by atoms with van der Waals surface area (Å²) in [5.41, 5.74) is 3.37. The van der Waals surface area contributed by atoms with Gasteiger partial charge in [0.1, 0.15) is 0 Å². The van der Waals surface area contributed by atoms with Crippen LogP contribution in [0.4, 0.5) is 5.69 Å². The molecule has 1 saturated heterocycles. The summed E-state index contributed by atoms with van der Waals surface area (Å²) >= 11 is 0. The Hall–Kier alpha value is -1.51. The predicted molar refractivity (Wildman–Crippen MR) is 84.3 cm³/mol. The summed E-state index contributed by atoms with van der Waals surface area (Å²) in [4.78, 5) is 14.6. The lowest BCUT2D eigenvalue weighted by atomic mass is 9.85. The third-order valence-corrected chi connectivity index (χ3v) is 4.37. The number of carbonyl (C=O) groups excluding carboxylic acids is 1. The molecule has 0 aliphatic carbocycles. The van der Waals surface area contributed by atoms with E-state index in [1.807, 2.05) is 37.1 Å². The van der Waals surface area contributed by atoms with Crippen LogP contribution in [0.1, 0.15) is 49.0 Å². The molecular weight excluding hydrogens is 248 g/mol. The second-order valence-corrected chi connectivity index (χ2v) is 6.59. The van der Waals surface area contributed by atoms with Crippen molar-refractivity contribution in [2.75, 3.05) is 25.5 Å². The Morgan fingerprint density at radius 1 is 1.25 bits per heavy atom. The molecule has 0 radical (unpaired) electrons. The topological polar surface area (TPSA) is 32.3 Å². The average Bonchev–Trinajstić information content (AvgIpc) is 2.59. The van der Waals surface area contributed by atoms with Gasteiger partial charge in [-0.3, -0.25) is 4.79 Å². The Kier molecular flexibility index (Phi) is 4.36. The van der Waals surface area contributed by atoms with Crippen molar-refractivity contribution in [1.29, 1.82) is 0 Å². The molecule has 0 aromatic heterocycles. The van der Waals surface area contributed by atoms with Crippen LogP contribution >= 0.6 is 0 Å². The fourth-order valence-electron chi connectivity index (χ4n) is 2.89. The molecule has 3 nitrogen and oxygen atoms in total. The zero-order valence-corrected chi connectivity index (χ0v) is 13.1. The van der Waals surface area contributed by atoms with Gasteiger partial charge in [0.05, 0.1) is 0 Å². The van der Waals surface area contributed by atoms with Crippen molar-refractivity contribution in [2.24, 2.45) is 5.41 Å². The first-order valence-corrected chi connectivity index (χ1v) is 7.51. The van der Waals surface area contributed by atoms with E-state index in [1.54, 1.807) is 0 Å². The van der Waals surface area contributed by atoms with Crippen LogP contribution in [0.3, 0.4) is 0 Å². The van der Waals surface area contributed by atoms with Crippen molar-refractivity contribution in [3.8, 4) is 0 Å². The normalized spacial score (nSPS) is 18.5. The monoisotopic (exact) mass is 274 g/mol. The number of likely N-dealkylation sites (tertiary alicyclic amines) is 1. The first-order valence-electron chi connectivity index (χ1n) is 7.51. The molecule has 3 heteroatoms. The molecule has 1 aromatic carbocycles. The number of benzene rings is 1. The molecule has 0 spiro atoms. The van der Waals surface area contributed by atoms with Crippen LogP contribution in [0.5, 0.6) is 0 Å². The summed E-state index contributed by atoms with van der Waals surface area (Å²) in [5.74, 6) is 0.174. The first-order chi connectivity index (χ1) is 9.43. The summed E-state index contributed by atoms with van der Waals surface area (Å²) in [5, 5.41) is 3.14. The van der Waals surface area contributed by atoms with E-state index < -0.39 is 0 Å². The molecule has 1 aliphatic rings. The number of rotatable bonds is 2. The number of aryl methyl sites for hydroxylation is 1. The fraction of sp³-hybridized carbons (Fsp3) is 0.588. The Morgan fingerprint density at radius 2 is 2.00 bits per heavy atom. The van der Waals surface area contributed by atoms with Gasteiger partial charge in [-0.2, -0.15) is 0 Å². The van der Waals surface area contributed by atoms with Gasteiger partial charge >= 0.3 is 0 Å². The van der Waals surface area contributed by atoms with E-state index in [0.29, 0.717) is 5.41 Å². The van der Waals surface area contributed by atoms with E-state index in [2.05, 4.69) is 19.2 Å². The number of amides is 1. The molecule has 0 unspecified atom stereocenters. The van der Waals surface area contributed by atoms with Gasteiger partial charge in [-0.1, -0.05) is 13.8 Å². The quantitative estimate of drug-likeness (QED) is 0.892. The summed E-state index contributed by atoms with van der Waals surface area (Å²) in [6.07, 6.45) is 3.40. The summed E-state index contributed by atoms with van der Waals surface area (Å²) in [6.45, 7) is 8.39. The molecule has 1 fully saturated rings. The van der Waals surface area contributed by atoms with Gasteiger partial charge in [0.2, 0.25) is 0 Å². The predicted octanol–water partition coefficient (Wildman–Crippen LogP) is 3.69. The Balaban J connectivity index is 2.13. The zero-order valence-electron chi connectivity index (χ0n) is 13.1. The zero-order chi connectivity index (χ0) is 14.8. The second-order valence-electron chi connectivity index (χ2n) is 6.59. The van der Waals surface area contributed by atoms with E-state index in [4.69, 9.17) is 0 Å². The third-order valence-electron chi connectivity index (χ3n) is 4.37. The molecule has 0 saturated carbocycles. The maximum atomic E-state index is 12.6. The summed E-state index contributed by atoms with van der Waals surface area (Å²) in [6, 6.07) is 5.91. The second kappa shape index (κ2) is 5.86. The van der Waals surface area contributed by atoms with Crippen molar-refractivity contribution < 1.29 is 4.79 Å². The van der Waals surface area contributed by atoms with Crippen molar-refractivity contribution >= 4 is 11.6 Å². The largest absolute Gasteiger partial charge is 0.388 e. The van der Waals surface area contributed by atoms with Crippen LogP contribution in [-0.4, -0.2) is 30.9 Å². The maximum absolute atomic E-state index is 12.6. The van der Waals surface area contributed by atoms with Crippen LogP contribution in [0.15, 0.2) is 18.2 Å². The number of carbonyl (C=O) groups is 1. The lowest BCUT2D eigenvalue weighted by molar-refractivity contribution is 0.0757. The smallest absolute Gasteiger partial charge is 0.253 e. The van der Waals surface area contributed by atoms with E-state index in [-0.39, 0.29) is 5.91 Å². The lowest BCUT2D eigenvalue weighted by Crippen LogP contribution is -2.32. The average molecular weight is 274 g/mol. The minimum Gasteiger partial charge on any atom is -0.388 e. The van der Waals surface area contributed by atoms with Crippen LogP contribution in [0.25, 0.3) is 0 Å².